The van der Waals surface area contributed by atoms with E-state index < -0.39 is 18.5 Å². The number of benzene rings is 2. The molecule has 0 aromatic heterocycles. The zero-order valence-corrected chi connectivity index (χ0v) is 16.6. The summed E-state index contributed by atoms with van der Waals surface area (Å²) in [4.78, 5) is 37.6. The molecule has 8 heteroatoms. The standard InChI is InChI=1S/C21H21ClN2O5/c1-14(15-5-4-6-16(22)11-15)23-19(25)12-29-21(27)9-10-24-17-7-2-3-8-18(17)28-13-20(24)26/h2-8,11,14H,9-10,12-13H2,1H3,(H,23,25)/t14-/m0/s1. The van der Waals surface area contributed by atoms with Crippen LogP contribution in [0.2, 0.25) is 5.02 Å². The van der Waals surface area contributed by atoms with Crippen LogP contribution >= 0.6 is 11.6 Å². The highest BCUT2D eigenvalue weighted by atomic mass is 35.5. The first kappa shape index (κ1) is 20.7. The first-order valence-corrected chi connectivity index (χ1v) is 9.54. The summed E-state index contributed by atoms with van der Waals surface area (Å²) in [5.74, 6) is -0.620. The van der Waals surface area contributed by atoms with Gasteiger partial charge in [-0.3, -0.25) is 14.4 Å². The number of para-hydroxylation sites is 2. The second kappa shape index (κ2) is 9.43. The van der Waals surface area contributed by atoms with Crippen LogP contribution < -0.4 is 15.0 Å². The lowest BCUT2D eigenvalue weighted by Crippen LogP contribution is -2.40. The van der Waals surface area contributed by atoms with E-state index in [2.05, 4.69) is 5.32 Å². The van der Waals surface area contributed by atoms with Gasteiger partial charge in [0.05, 0.1) is 18.2 Å². The number of esters is 1. The molecule has 1 atom stereocenters. The highest BCUT2D eigenvalue weighted by Gasteiger charge is 2.25. The molecule has 0 radical (unpaired) electrons. The molecule has 1 aliphatic heterocycles. The molecule has 7 nitrogen and oxygen atoms in total. The Morgan fingerprint density at radius 2 is 2.03 bits per heavy atom. The Morgan fingerprint density at radius 3 is 2.83 bits per heavy atom. The normalized spacial score (nSPS) is 13.9. The fraction of sp³-hybridized carbons (Fsp3) is 0.286. The molecule has 2 aromatic rings. The Bertz CT molecular complexity index is 917. The Morgan fingerprint density at radius 1 is 1.24 bits per heavy atom. The maximum Gasteiger partial charge on any atom is 0.308 e. The lowest BCUT2D eigenvalue weighted by atomic mass is 10.1. The summed E-state index contributed by atoms with van der Waals surface area (Å²) in [6.07, 6.45) is -0.0306. The lowest BCUT2D eigenvalue weighted by molar-refractivity contribution is -0.148. The molecule has 0 aliphatic carbocycles. The Kier molecular flexibility index (Phi) is 6.72. The van der Waals surface area contributed by atoms with Gasteiger partial charge in [-0.25, -0.2) is 0 Å². The average Bonchev–Trinajstić information content (AvgIpc) is 2.71. The number of carbonyl (C=O) groups excluding carboxylic acids is 3. The predicted molar refractivity (Wildman–Crippen MR) is 108 cm³/mol. The van der Waals surface area contributed by atoms with Crippen molar-refractivity contribution in [1.29, 1.82) is 0 Å². The highest BCUT2D eigenvalue weighted by Crippen LogP contribution is 2.31. The van der Waals surface area contributed by atoms with Crippen LogP contribution in [0.3, 0.4) is 0 Å². The molecule has 0 fully saturated rings. The summed E-state index contributed by atoms with van der Waals surface area (Å²) in [6.45, 7) is 1.50. The van der Waals surface area contributed by atoms with Crippen LogP contribution in [0, 0.1) is 0 Å². The molecule has 0 saturated heterocycles. The van der Waals surface area contributed by atoms with E-state index in [0.717, 1.165) is 5.56 Å². The van der Waals surface area contributed by atoms with Crippen molar-refractivity contribution in [2.24, 2.45) is 0 Å². The third-order valence-electron chi connectivity index (χ3n) is 4.44. The molecule has 2 amide bonds. The van der Waals surface area contributed by atoms with Crippen molar-refractivity contribution in [3.8, 4) is 5.75 Å². The summed E-state index contributed by atoms with van der Waals surface area (Å²) >= 11 is 5.95. The predicted octanol–water partition coefficient (Wildman–Crippen LogP) is 2.88. The molecule has 3 rings (SSSR count). The van der Waals surface area contributed by atoms with Crippen LogP contribution in [0.1, 0.15) is 24.9 Å². The maximum atomic E-state index is 12.1. The van der Waals surface area contributed by atoms with Gasteiger partial charge in [-0.2, -0.15) is 0 Å². The van der Waals surface area contributed by atoms with Gasteiger partial charge < -0.3 is 19.7 Å². The van der Waals surface area contributed by atoms with Crippen LogP contribution in [0.25, 0.3) is 0 Å². The van der Waals surface area contributed by atoms with Gasteiger partial charge in [0.25, 0.3) is 11.8 Å². The summed E-state index contributed by atoms with van der Waals surface area (Å²) in [6, 6.07) is 14.0. The van der Waals surface area contributed by atoms with E-state index in [-0.39, 0.29) is 31.5 Å². The van der Waals surface area contributed by atoms with Gasteiger partial charge >= 0.3 is 5.97 Å². The van der Waals surface area contributed by atoms with E-state index >= 15 is 0 Å². The zero-order chi connectivity index (χ0) is 20.8. The number of ether oxygens (including phenoxy) is 2. The zero-order valence-electron chi connectivity index (χ0n) is 15.9. The highest BCUT2D eigenvalue weighted by molar-refractivity contribution is 6.30. The van der Waals surface area contributed by atoms with Gasteiger partial charge in [-0.15, -0.1) is 0 Å². The Balaban J connectivity index is 1.45. The molecule has 0 bridgehead atoms. The second-order valence-corrected chi connectivity index (χ2v) is 6.99. The molecule has 29 heavy (non-hydrogen) atoms. The van der Waals surface area contributed by atoms with Crippen LogP contribution in [-0.4, -0.2) is 37.5 Å². The van der Waals surface area contributed by atoms with E-state index in [1.165, 1.54) is 4.90 Å². The van der Waals surface area contributed by atoms with Crippen molar-refractivity contribution in [2.45, 2.75) is 19.4 Å². The molecule has 2 aromatic carbocycles. The lowest BCUT2D eigenvalue weighted by Gasteiger charge is -2.28. The summed E-state index contributed by atoms with van der Waals surface area (Å²) < 4.78 is 10.4. The number of halogens is 1. The van der Waals surface area contributed by atoms with Crippen molar-refractivity contribution in [3.63, 3.8) is 0 Å². The molecule has 0 unspecified atom stereocenters. The number of hydrogen-bond donors (Lipinski definition) is 1. The molecule has 0 spiro atoms. The van der Waals surface area contributed by atoms with Crippen molar-refractivity contribution < 1.29 is 23.9 Å². The van der Waals surface area contributed by atoms with E-state index in [1.807, 2.05) is 19.1 Å². The molecule has 1 N–H and O–H groups in total. The fourth-order valence-electron chi connectivity index (χ4n) is 2.96. The van der Waals surface area contributed by atoms with Crippen LogP contribution in [0.5, 0.6) is 5.75 Å². The minimum absolute atomic E-state index is 0.0306. The SMILES string of the molecule is C[C@H](NC(=O)COC(=O)CCN1C(=O)COc2ccccc21)c1cccc(Cl)c1. The third kappa shape index (κ3) is 5.48. The Hall–Kier alpha value is -3.06. The topological polar surface area (TPSA) is 84.9 Å². The first-order chi connectivity index (χ1) is 13.9. The smallest absolute Gasteiger partial charge is 0.308 e. The average molecular weight is 417 g/mol. The van der Waals surface area contributed by atoms with Crippen molar-refractivity contribution in [3.05, 3.63) is 59.1 Å². The number of carbonyl (C=O) groups is 3. The first-order valence-electron chi connectivity index (χ1n) is 9.16. The number of amides is 2. The van der Waals surface area contributed by atoms with E-state index in [4.69, 9.17) is 21.1 Å². The quantitative estimate of drug-likeness (QED) is 0.701. The van der Waals surface area contributed by atoms with Crippen molar-refractivity contribution in [1.82, 2.24) is 5.32 Å². The molecule has 1 heterocycles. The van der Waals surface area contributed by atoms with Crippen molar-refractivity contribution in [2.75, 3.05) is 24.7 Å². The summed E-state index contributed by atoms with van der Waals surface area (Å²) in [5.41, 5.74) is 1.46. The van der Waals surface area contributed by atoms with Gasteiger partial charge in [0.2, 0.25) is 0 Å². The van der Waals surface area contributed by atoms with Gasteiger partial charge in [-0.05, 0) is 36.8 Å². The number of nitrogens with one attached hydrogen (secondary N) is 1. The summed E-state index contributed by atoms with van der Waals surface area (Å²) in [5, 5.41) is 3.33. The van der Waals surface area contributed by atoms with E-state index in [0.29, 0.717) is 16.5 Å². The minimum Gasteiger partial charge on any atom is -0.482 e. The van der Waals surface area contributed by atoms with E-state index in [1.54, 1.807) is 36.4 Å². The molecule has 1 aliphatic rings. The monoisotopic (exact) mass is 416 g/mol. The second-order valence-electron chi connectivity index (χ2n) is 6.56. The maximum absolute atomic E-state index is 12.1. The molecule has 152 valence electrons. The number of hydrogen-bond acceptors (Lipinski definition) is 5. The van der Waals surface area contributed by atoms with Gasteiger partial charge in [0.1, 0.15) is 5.75 Å². The molecule has 0 saturated carbocycles. The number of rotatable bonds is 7. The van der Waals surface area contributed by atoms with Gasteiger partial charge in [-0.1, -0.05) is 35.9 Å². The minimum atomic E-state index is -0.563. The summed E-state index contributed by atoms with van der Waals surface area (Å²) in [7, 11) is 0. The number of fused-ring (bicyclic) bond motifs is 1. The van der Waals surface area contributed by atoms with Crippen LogP contribution in [0.15, 0.2) is 48.5 Å². The van der Waals surface area contributed by atoms with E-state index in [9.17, 15) is 14.4 Å². The Labute approximate surface area is 173 Å². The van der Waals surface area contributed by atoms with Gasteiger partial charge in [0.15, 0.2) is 13.2 Å². The fourth-order valence-corrected chi connectivity index (χ4v) is 3.16. The number of nitrogens with zero attached hydrogens (tertiary/aromatic N) is 1. The number of anilines is 1. The molecular formula is C21H21ClN2O5. The third-order valence-corrected chi connectivity index (χ3v) is 4.67. The van der Waals surface area contributed by atoms with Crippen LogP contribution in [-0.2, 0) is 19.1 Å². The largest absolute Gasteiger partial charge is 0.482 e. The van der Waals surface area contributed by atoms with Crippen molar-refractivity contribution >= 4 is 35.1 Å². The van der Waals surface area contributed by atoms with Gasteiger partial charge in [0, 0.05) is 11.6 Å². The van der Waals surface area contributed by atoms with Crippen LogP contribution in [0.4, 0.5) is 5.69 Å². The molecular weight excluding hydrogens is 396 g/mol.